The molecule has 1 aliphatic rings. The lowest BCUT2D eigenvalue weighted by Gasteiger charge is -2.38. The third-order valence-corrected chi connectivity index (χ3v) is 3.84. The van der Waals surface area contributed by atoms with Crippen LogP contribution in [0.2, 0.25) is 0 Å². The number of amides is 1. The Morgan fingerprint density at radius 3 is 2.65 bits per heavy atom. The molecule has 0 unspecified atom stereocenters. The van der Waals surface area contributed by atoms with E-state index < -0.39 is 5.97 Å². The van der Waals surface area contributed by atoms with Crippen LogP contribution in [0.1, 0.15) is 42.6 Å². The summed E-state index contributed by atoms with van der Waals surface area (Å²) in [5, 5.41) is 9.15. The Kier molecular flexibility index (Phi) is 4.12. The topological polar surface area (TPSA) is 57.6 Å². The van der Waals surface area contributed by atoms with Crippen molar-refractivity contribution in [3.63, 3.8) is 0 Å². The van der Waals surface area contributed by atoms with Gasteiger partial charge >= 0.3 is 5.97 Å². The summed E-state index contributed by atoms with van der Waals surface area (Å²) in [6, 6.07) is 6.72. The van der Waals surface area contributed by atoms with Gasteiger partial charge in [-0.25, -0.2) is 4.79 Å². The minimum absolute atomic E-state index is 0.0199. The molecule has 0 atom stereocenters. The minimum atomic E-state index is -0.979. The van der Waals surface area contributed by atoms with E-state index in [0.717, 1.165) is 25.9 Å². The molecule has 0 spiro atoms. The highest BCUT2D eigenvalue weighted by atomic mass is 16.4. The zero-order valence-corrected chi connectivity index (χ0v) is 12.1. The monoisotopic (exact) mass is 275 g/mol. The second-order valence-corrected chi connectivity index (χ2v) is 6.22. The SMILES string of the molecule is CC1(C)CCCN(C(=O)Cc2ccccc2C(=O)O)C1. The van der Waals surface area contributed by atoms with E-state index in [0.29, 0.717) is 5.56 Å². The number of hydrogen-bond donors (Lipinski definition) is 1. The number of carboxylic acid groups (broad SMARTS) is 1. The lowest BCUT2D eigenvalue weighted by Crippen LogP contribution is -2.44. The van der Waals surface area contributed by atoms with Gasteiger partial charge < -0.3 is 10.0 Å². The van der Waals surface area contributed by atoms with Crippen molar-refractivity contribution >= 4 is 11.9 Å². The smallest absolute Gasteiger partial charge is 0.335 e. The second kappa shape index (κ2) is 5.65. The summed E-state index contributed by atoms with van der Waals surface area (Å²) in [7, 11) is 0. The molecule has 0 saturated carbocycles. The van der Waals surface area contributed by atoms with Gasteiger partial charge in [0.15, 0.2) is 0 Å². The van der Waals surface area contributed by atoms with E-state index in [2.05, 4.69) is 13.8 Å². The molecule has 1 fully saturated rings. The molecular weight excluding hydrogens is 254 g/mol. The Labute approximate surface area is 119 Å². The lowest BCUT2D eigenvalue weighted by molar-refractivity contribution is -0.133. The van der Waals surface area contributed by atoms with Gasteiger partial charge in [0.1, 0.15) is 0 Å². The van der Waals surface area contributed by atoms with Gasteiger partial charge in [0.05, 0.1) is 12.0 Å². The van der Waals surface area contributed by atoms with E-state index in [1.54, 1.807) is 24.3 Å². The number of nitrogens with zero attached hydrogens (tertiary/aromatic N) is 1. The fraction of sp³-hybridized carbons (Fsp3) is 0.500. The predicted molar refractivity (Wildman–Crippen MR) is 76.7 cm³/mol. The van der Waals surface area contributed by atoms with Gasteiger partial charge in [-0.3, -0.25) is 4.79 Å². The summed E-state index contributed by atoms with van der Waals surface area (Å²) < 4.78 is 0. The van der Waals surface area contributed by atoms with Crippen molar-refractivity contribution in [3.8, 4) is 0 Å². The number of carbonyl (C=O) groups is 2. The largest absolute Gasteiger partial charge is 0.478 e. The van der Waals surface area contributed by atoms with Gasteiger partial charge in [-0.1, -0.05) is 32.0 Å². The van der Waals surface area contributed by atoms with Gasteiger partial charge in [-0.15, -0.1) is 0 Å². The van der Waals surface area contributed by atoms with E-state index >= 15 is 0 Å². The lowest BCUT2D eigenvalue weighted by atomic mass is 9.84. The van der Waals surface area contributed by atoms with Crippen molar-refractivity contribution in [1.29, 1.82) is 0 Å². The molecule has 4 nitrogen and oxygen atoms in total. The maximum atomic E-state index is 12.4. The zero-order chi connectivity index (χ0) is 14.8. The van der Waals surface area contributed by atoms with E-state index in [1.165, 1.54) is 0 Å². The standard InChI is InChI=1S/C16H21NO3/c1-16(2)8-5-9-17(11-16)14(18)10-12-6-3-4-7-13(12)15(19)20/h3-4,6-7H,5,8-11H2,1-2H3,(H,19,20). The van der Waals surface area contributed by atoms with Crippen LogP contribution in [-0.4, -0.2) is 35.0 Å². The van der Waals surface area contributed by atoms with E-state index in [1.807, 2.05) is 4.90 Å². The molecule has 1 aromatic rings. The third-order valence-electron chi connectivity index (χ3n) is 3.84. The Hall–Kier alpha value is -1.84. The number of rotatable bonds is 3. The van der Waals surface area contributed by atoms with Crippen LogP contribution >= 0.6 is 0 Å². The third kappa shape index (κ3) is 3.38. The summed E-state index contributed by atoms with van der Waals surface area (Å²) in [4.78, 5) is 25.4. The van der Waals surface area contributed by atoms with Crippen molar-refractivity contribution in [2.24, 2.45) is 5.41 Å². The maximum absolute atomic E-state index is 12.4. The normalized spacial score (nSPS) is 17.8. The zero-order valence-electron chi connectivity index (χ0n) is 12.1. The number of benzene rings is 1. The van der Waals surface area contributed by atoms with Gasteiger partial charge in [-0.2, -0.15) is 0 Å². The molecule has 1 heterocycles. The fourth-order valence-corrected chi connectivity index (χ4v) is 2.79. The number of piperidine rings is 1. The Morgan fingerprint density at radius 1 is 1.30 bits per heavy atom. The predicted octanol–water partition coefficient (Wildman–Crippen LogP) is 2.58. The molecule has 0 aliphatic carbocycles. The Balaban J connectivity index is 2.10. The number of carbonyl (C=O) groups excluding carboxylic acids is 1. The first-order chi connectivity index (χ1) is 9.39. The Bertz CT molecular complexity index is 522. The van der Waals surface area contributed by atoms with Crippen molar-refractivity contribution < 1.29 is 14.7 Å². The molecule has 1 N–H and O–H groups in total. The fourth-order valence-electron chi connectivity index (χ4n) is 2.79. The highest BCUT2D eigenvalue weighted by molar-refractivity contribution is 5.91. The van der Waals surface area contributed by atoms with E-state index in [-0.39, 0.29) is 23.3 Å². The molecule has 1 aromatic carbocycles. The van der Waals surface area contributed by atoms with Crippen LogP contribution in [0, 0.1) is 5.41 Å². The molecule has 4 heteroatoms. The number of likely N-dealkylation sites (tertiary alicyclic amines) is 1. The van der Waals surface area contributed by atoms with E-state index in [9.17, 15) is 9.59 Å². The van der Waals surface area contributed by atoms with Crippen LogP contribution in [0.15, 0.2) is 24.3 Å². The van der Waals surface area contributed by atoms with Crippen LogP contribution in [0.5, 0.6) is 0 Å². The van der Waals surface area contributed by atoms with Crippen molar-refractivity contribution in [1.82, 2.24) is 4.90 Å². The average molecular weight is 275 g/mol. The van der Waals surface area contributed by atoms with Gasteiger partial charge in [0.2, 0.25) is 5.91 Å². The summed E-state index contributed by atoms with van der Waals surface area (Å²) >= 11 is 0. The van der Waals surface area contributed by atoms with Crippen molar-refractivity contribution in [3.05, 3.63) is 35.4 Å². The van der Waals surface area contributed by atoms with Crippen LogP contribution in [0.3, 0.4) is 0 Å². The maximum Gasteiger partial charge on any atom is 0.335 e. The summed E-state index contributed by atoms with van der Waals surface area (Å²) in [5.74, 6) is -0.959. The molecule has 108 valence electrons. The van der Waals surface area contributed by atoms with Crippen LogP contribution < -0.4 is 0 Å². The molecule has 20 heavy (non-hydrogen) atoms. The molecular formula is C16H21NO3. The summed E-state index contributed by atoms with van der Waals surface area (Å²) in [6.45, 7) is 5.86. The van der Waals surface area contributed by atoms with Gasteiger partial charge in [0.25, 0.3) is 0 Å². The molecule has 1 amide bonds. The van der Waals surface area contributed by atoms with Crippen LogP contribution in [0.25, 0.3) is 0 Å². The first-order valence-electron chi connectivity index (χ1n) is 6.98. The molecule has 0 radical (unpaired) electrons. The van der Waals surface area contributed by atoms with Gasteiger partial charge in [-0.05, 0) is 29.9 Å². The second-order valence-electron chi connectivity index (χ2n) is 6.22. The number of carboxylic acids is 1. The van der Waals surface area contributed by atoms with Crippen LogP contribution in [-0.2, 0) is 11.2 Å². The molecule has 1 saturated heterocycles. The first-order valence-corrected chi connectivity index (χ1v) is 6.98. The van der Waals surface area contributed by atoms with Crippen molar-refractivity contribution in [2.45, 2.75) is 33.1 Å². The number of aromatic carboxylic acids is 1. The minimum Gasteiger partial charge on any atom is -0.478 e. The summed E-state index contributed by atoms with van der Waals surface area (Å²) in [5.41, 5.74) is 0.964. The van der Waals surface area contributed by atoms with Gasteiger partial charge in [0, 0.05) is 13.1 Å². The first kappa shape index (κ1) is 14.6. The molecule has 0 bridgehead atoms. The quantitative estimate of drug-likeness (QED) is 0.922. The molecule has 2 rings (SSSR count). The Morgan fingerprint density at radius 2 is 2.00 bits per heavy atom. The molecule has 0 aromatic heterocycles. The van der Waals surface area contributed by atoms with Crippen molar-refractivity contribution in [2.75, 3.05) is 13.1 Å². The average Bonchev–Trinajstić information content (AvgIpc) is 2.38. The van der Waals surface area contributed by atoms with Crippen LogP contribution in [0.4, 0.5) is 0 Å². The van der Waals surface area contributed by atoms with E-state index in [4.69, 9.17) is 5.11 Å². The highest BCUT2D eigenvalue weighted by Gasteiger charge is 2.29. The highest BCUT2D eigenvalue weighted by Crippen LogP contribution is 2.28. The molecule has 1 aliphatic heterocycles. The number of hydrogen-bond acceptors (Lipinski definition) is 2. The summed E-state index contributed by atoms with van der Waals surface area (Å²) in [6.07, 6.45) is 2.31.